The molecule has 11 heavy (non-hydrogen) atoms. The first kappa shape index (κ1) is 6.49. The first-order valence-electron chi connectivity index (χ1n) is 3.97. The molecule has 1 saturated carbocycles. The zero-order valence-corrected chi connectivity index (χ0v) is 6.38. The highest BCUT2D eigenvalue weighted by Crippen LogP contribution is 2.39. The molecular formula is C11H10. The summed E-state index contributed by atoms with van der Waals surface area (Å²) in [4.78, 5) is 0. The topological polar surface area (TPSA) is 0 Å². The third-order valence-electron chi connectivity index (χ3n) is 2.13. The van der Waals surface area contributed by atoms with E-state index in [1.807, 2.05) is 12.1 Å². The summed E-state index contributed by atoms with van der Waals surface area (Å²) in [6, 6.07) is 8.33. The van der Waals surface area contributed by atoms with Crippen molar-refractivity contribution < 1.29 is 0 Å². The van der Waals surface area contributed by atoms with Gasteiger partial charge in [0.1, 0.15) is 0 Å². The molecule has 0 aliphatic heterocycles. The van der Waals surface area contributed by atoms with Gasteiger partial charge < -0.3 is 0 Å². The highest BCUT2D eigenvalue weighted by atomic mass is 14.3. The molecule has 0 unspecified atom stereocenters. The van der Waals surface area contributed by atoms with Crippen LogP contribution in [-0.4, -0.2) is 0 Å². The van der Waals surface area contributed by atoms with Crippen molar-refractivity contribution in [2.24, 2.45) is 0 Å². The Kier molecular flexibility index (Phi) is 1.43. The fourth-order valence-corrected chi connectivity index (χ4v) is 1.27. The molecular weight excluding hydrogens is 132 g/mol. The SMILES string of the molecule is C#Cc1ccc(C2CC2)cc1. The Balaban J connectivity index is 2.27. The molecule has 2 rings (SSSR count). The van der Waals surface area contributed by atoms with Crippen molar-refractivity contribution in [1.82, 2.24) is 0 Å². The average molecular weight is 142 g/mol. The lowest BCUT2D eigenvalue weighted by Crippen LogP contribution is -1.78. The van der Waals surface area contributed by atoms with Crippen LogP contribution in [0, 0.1) is 12.3 Å². The lowest BCUT2D eigenvalue weighted by molar-refractivity contribution is 1.13. The second kappa shape index (κ2) is 2.43. The molecule has 0 heteroatoms. The van der Waals surface area contributed by atoms with Crippen molar-refractivity contribution >= 4 is 0 Å². The molecule has 1 aliphatic rings. The molecule has 0 radical (unpaired) electrons. The van der Waals surface area contributed by atoms with E-state index in [0.29, 0.717) is 0 Å². The van der Waals surface area contributed by atoms with E-state index in [9.17, 15) is 0 Å². The monoisotopic (exact) mass is 142 g/mol. The largest absolute Gasteiger partial charge is 0.115 e. The number of benzene rings is 1. The molecule has 0 amide bonds. The normalized spacial score (nSPS) is 15.9. The van der Waals surface area contributed by atoms with Gasteiger partial charge in [0.05, 0.1) is 0 Å². The lowest BCUT2D eigenvalue weighted by atomic mass is 10.1. The number of hydrogen-bond donors (Lipinski definition) is 0. The van der Waals surface area contributed by atoms with Gasteiger partial charge in [-0.25, -0.2) is 0 Å². The lowest BCUT2D eigenvalue weighted by Gasteiger charge is -1.95. The molecule has 54 valence electrons. The maximum atomic E-state index is 5.24. The van der Waals surface area contributed by atoms with Crippen LogP contribution >= 0.6 is 0 Å². The summed E-state index contributed by atoms with van der Waals surface area (Å²) in [5, 5.41) is 0. The number of hydrogen-bond acceptors (Lipinski definition) is 0. The first-order valence-corrected chi connectivity index (χ1v) is 3.97. The second-order valence-electron chi connectivity index (χ2n) is 3.04. The number of rotatable bonds is 1. The highest BCUT2D eigenvalue weighted by molar-refractivity contribution is 5.36. The zero-order valence-electron chi connectivity index (χ0n) is 6.38. The Morgan fingerprint density at radius 2 is 1.82 bits per heavy atom. The van der Waals surface area contributed by atoms with E-state index in [4.69, 9.17) is 6.42 Å². The van der Waals surface area contributed by atoms with Crippen LogP contribution in [0.5, 0.6) is 0 Å². The summed E-state index contributed by atoms with van der Waals surface area (Å²) in [7, 11) is 0. The van der Waals surface area contributed by atoms with Crippen LogP contribution in [0.15, 0.2) is 24.3 Å². The molecule has 0 N–H and O–H groups in total. The van der Waals surface area contributed by atoms with Crippen molar-refractivity contribution in [3.05, 3.63) is 35.4 Å². The summed E-state index contributed by atoms with van der Waals surface area (Å²) in [6.45, 7) is 0. The van der Waals surface area contributed by atoms with Crippen LogP contribution in [0.25, 0.3) is 0 Å². The van der Waals surface area contributed by atoms with Gasteiger partial charge in [-0.15, -0.1) is 6.42 Å². The van der Waals surface area contributed by atoms with Crippen LogP contribution in [-0.2, 0) is 0 Å². The van der Waals surface area contributed by atoms with Gasteiger partial charge >= 0.3 is 0 Å². The molecule has 0 heterocycles. The summed E-state index contributed by atoms with van der Waals surface area (Å²) in [6.07, 6.45) is 7.95. The summed E-state index contributed by atoms with van der Waals surface area (Å²) >= 11 is 0. The zero-order chi connectivity index (χ0) is 7.68. The molecule has 1 aromatic carbocycles. The van der Waals surface area contributed by atoms with Crippen LogP contribution in [0.3, 0.4) is 0 Å². The summed E-state index contributed by atoms with van der Waals surface area (Å²) in [5.41, 5.74) is 2.43. The Bertz CT molecular complexity index is 283. The molecule has 1 aromatic rings. The van der Waals surface area contributed by atoms with E-state index in [2.05, 4.69) is 18.1 Å². The Labute approximate surface area is 67.2 Å². The molecule has 1 fully saturated rings. The second-order valence-corrected chi connectivity index (χ2v) is 3.04. The van der Waals surface area contributed by atoms with Crippen LogP contribution < -0.4 is 0 Å². The van der Waals surface area contributed by atoms with E-state index in [1.165, 1.54) is 18.4 Å². The third-order valence-corrected chi connectivity index (χ3v) is 2.13. The quantitative estimate of drug-likeness (QED) is 0.528. The Morgan fingerprint density at radius 1 is 1.18 bits per heavy atom. The van der Waals surface area contributed by atoms with E-state index in [0.717, 1.165) is 11.5 Å². The molecule has 0 nitrogen and oxygen atoms in total. The van der Waals surface area contributed by atoms with Crippen molar-refractivity contribution in [3.63, 3.8) is 0 Å². The van der Waals surface area contributed by atoms with Gasteiger partial charge in [0.2, 0.25) is 0 Å². The van der Waals surface area contributed by atoms with Crippen LogP contribution in [0.2, 0.25) is 0 Å². The standard InChI is InChI=1S/C11H10/c1-2-9-3-5-10(6-4-9)11-7-8-11/h1,3-6,11H,7-8H2. The predicted molar refractivity (Wildman–Crippen MR) is 46.4 cm³/mol. The van der Waals surface area contributed by atoms with Gasteiger partial charge in [-0.1, -0.05) is 18.1 Å². The number of terminal acetylenes is 1. The highest BCUT2D eigenvalue weighted by Gasteiger charge is 2.22. The smallest absolute Gasteiger partial charge is 0.0242 e. The fraction of sp³-hybridized carbons (Fsp3) is 0.273. The minimum Gasteiger partial charge on any atom is -0.115 e. The molecule has 1 aliphatic carbocycles. The summed E-state index contributed by atoms with van der Waals surface area (Å²) < 4.78 is 0. The van der Waals surface area contributed by atoms with Gasteiger partial charge in [0.15, 0.2) is 0 Å². The third kappa shape index (κ3) is 1.28. The first-order chi connectivity index (χ1) is 5.40. The van der Waals surface area contributed by atoms with Gasteiger partial charge in [-0.2, -0.15) is 0 Å². The average Bonchev–Trinajstić information content (AvgIpc) is 2.87. The van der Waals surface area contributed by atoms with Crippen molar-refractivity contribution in [2.45, 2.75) is 18.8 Å². The fourth-order valence-electron chi connectivity index (χ4n) is 1.27. The summed E-state index contributed by atoms with van der Waals surface area (Å²) in [5.74, 6) is 3.45. The minimum atomic E-state index is 0.835. The maximum Gasteiger partial charge on any atom is 0.0242 e. The van der Waals surface area contributed by atoms with Gasteiger partial charge in [-0.3, -0.25) is 0 Å². The molecule has 0 spiro atoms. The molecule has 0 atom stereocenters. The van der Waals surface area contributed by atoms with E-state index in [-0.39, 0.29) is 0 Å². The minimum absolute atomic E-state index is 0.835. The predicted octanol–water partition coefficient (Wildman–Crippen LogP) is 2.55. The molecule has 0 bridgehead atoms. The van der Waals surface area contributed by atoms with Gasteiger partial charge in [0.25, 0.3) is 0 Å². The molecule has 0 saturated heterocycles. The Hall–Kier alpha value is -1.22. The van der Waals surface area contributed by atoms with Crippen molar-refractivity contribution in [1.29, 1.82) is 0 Å². The maximum absolute atomic E-state index is 5.24. The molecule has 0 aromatic heterocycles. The van der Waals surface area contributed by atoms with E-state index >= 15 is 0 Å². The van der Waals surface area contributed by atoms with Crippen LogP contribution in [0.4, 0.5) is 0 Å². The Morgan fingerprint density at radius 3 is 2.27 bits per heavy atom. The van der Waals surface area contributed by atoms with Gasteiger partial charge in [0, 0.05) is 5.56 Å². The van der Waals surface area contributed by atoms with E-state index < -0.39 is 0 Å². The van der Waals surface area contributed by atoms with Crippen molar-refractivity contribution in [3.8, 4) is 12.3 Å². The van der Waals surface area contributed by atoms with Gasteiger partial charge in [-0.05, 0) is 36.5 Å². The van der Waals surface area contributed by atoms with Crippen LogP contribution in [0.1, 0.15) is 29.9 Å². The van der Waals surface area contributed by atoms with E-state index in [1.54, 1.807) is 0 Å². The van der Waals surface area contributed by atoms with Crippen molar-refractivity contribution in [2.75, 3.05) is 0 Å².